The maximum atomic E-state index is 12.8. The van der Waals surface area contributed by atoms with E-state index >= 15 is 0 Å². The van der Waals surface area contributed by atoms with Gasteiger partial charge in [0, 0.05) is 37.7 Å². The molecule has 37 heavy (non-hydrogen) atoms. The largest absolute Gasteiger partial charge is 0.497 e. The van der Waals surface area contributed by atoms with Crippen molar-refractivity contribution in [2.45, 2.75) is 12.3 Å². The molecule has 0 saturated carbocycles. The van der Waals surface area contributed by atoms with E-state index in [9.17, 15) is 4.79 Å². The Morgan fingerprint density at radius 1 is 0.811 bits per heavy atom. The smallest absolute Gasteiger partial charge is 0.251 e. The Labute approximate surface area is 219 Å². The van der Waals surface area contributed by atoms with Gasteiger partial charge in [-0.2, -0.15) is 0 Å². The van der Waals surface area contributed by atoms with Crippen molar-refractivity contribution in [1.82, 2.24) is 10.2 Å². The molecule has 1 aliphatic rings. The van der Waals surface area contributed by atoms with E-state index < -0.39 is 0 Å². The van der Waals surface area contributed by atoms with Crippen LogP contribution in [0.1, 0.15) is 27.4 Å². The molecule has 0 spiro atoms. The molecule has 196 valence electrons. The van der Waals surface area contributed by atoms with Gasteiger partial charge < -0.3 is 29.2 Å². The van der Waals surface area contributed by atoms with Gasteiger partial charge in [0.05, 0.1) is 28.4 Å². The number of nitrogens with one attached hydrogen (secondary N) is 1. The number of likely N-dealkylation sites (tertiary alicyclic amines) is 1. The lowest BCUT2D eigenvalue weighted by atomic mass is 9.89. The number of benzene rings is 3. The van der Waals surface area contributed by atoms with Crippen LogP contribution in [0.3, 0.4) is 0 Å². The summed E-state index contributed by atoms with van der Waals surface area (Å²) in [6.07, 6.45) is 0.903. The SMILES string of the molecule is COc1ccc(C(=O)NC[C@H]2CN(CCc3ccc(OC)c(OC)c3)C[C@@H]2c2ccc(OC)cc2)cc1. The first-order valence-electron chi connectivity index (χ1n) is 12.5. The van der Waals surface area contributed by atoms with Crippen LogP contribution in [0.2, 0.25) is 0 Å². The molecule has 0 aliphatic carbocycles. The quantitative estimate of drug-likeness (QED) is 0.417. The highest BCUT2D eigenvalue weighted by Crippen LogP contribution is 2.34. The molecule has 4 rings (SSSR count). The molecule has 1 fully saturated rings. The first kappa shape index (κ1) is 26.4. The van der Waals surface area contributed by atoms with E-state index in [4.69, 9.17) is 18.9 Å². The summed E-state index contributed by atoms with van der Waals surface area (Å²) < 4.78 is 21.4. The van der Waals surface area contributed by atoms with E-state index in [1.54, 1.807) is 52.7 Å². The Hall–Kier alpha value is -3.71. The Morgan fingerprint density at radius 3 is 2.08 bits per heavy atom. The minimum absolute atomic E-state index is 0.0695. The van der Waals surface area contributed by atoms with Gasteiger partial charge in [0.15, 0.2) is 11.5 Å². The van der Waals surface area contributed by atoms with E-state index in [0.717, 1.165) is 49.1 Å². The Bertz CT molecular complexity index is 1160. The van der Waals surface area contributed by atoms with Crippen molar-refractivity contribution in [3.8, 4) is 23.0 Å². The predicted molar refractivity (Wildman–Crippen MR) is 144 cm³/mol. The van der Waals surface area contributed by atoms with Gasteiger partial charge in [-0.1, -0.05) is 18.2 Å². The molecule has 0 aromatic heterocycles. The molecular weight excluding hydrogens is 468 g/mol. The van der Waals surface area contributed by atoms with Gasteiger partial charge in [-0.05, 0) is 72.0 Å². The molecule has 3 aromatic carbocycles. The van der Waals surface area contributed by atoms with Crippen molar-refractivity contribution in [2.24, 2.45) is 5.92 Å². The zero-order valence-corrected chi connectivity index (χ0v) is 22.0. The summed E-state index contributed by atoms with van der Waals surface area (Å²) in [4.78, 5) is 15.3. The lowest BCUT2D eigenvalue weighted by Gasteiger charge is -2.19. The number of rotatable bonds is 11. The minimum atomic E-state index is -0.0695. The van der Waals surface area contributed by atoms with Crippen molar-refractivity contribution >= 4 is 5.91 Å². The number of carbonyl (C=O) groups excluding carboxylic acids is 1. The summed E-state index contributed by atoms with van der Waals surface area (Å²) in [6, 6.07) is 21.6. The second-order valence-corrected chi connectivity index (χ2v) is 9.28. The summed E-state index contributed by atoms with van der Waals surface area (Å²) in [6.45, 7) is 3.37. The van der Waals surface area contributed by atoms with Crippen molar-refractivity contribution in [2.75, 3.05) is 54.6 Å². The summed E-state index contributed by atoms with van der Waals surface area (Å²) >= 11 is 0. The van der Waals surface area contributed by atoms with Crippen LogP contribution in [0.4, 0.5) is 0 Å². The van der Waals surface area contributed by atoms with Gasteiger partial charge in [0.25, 0.3) is 5.91 Å². The number of methoxy groups -OCH3 is 4. The normalized spacial score (nSPS) is 17.3. The van der Waals surface area contributed by atoms with Crippen molar-refractivity contribution in [1.29, 1.82) is 0 Å². The van der Waals surface area contributed by atoms with Crippen LogP contribution in [0, 0.1) is 5.92 Å². The average molecular weight is 505 g/mol. The number of carbonyl (C=O) groups is 1. The molecule has 1 aliphatic heterocycles. The topological polar surface area (TPSA) is 69.3 Å². The van der Waals surface area contributed by atoms with E-state index in [0.29, 0.717) is 23.9 Å². The van der Waals surface area contributed by atoms with E-state index in [2.05, 4.69) is 28.4 Å². The zero-order chi connectivity index (χ0) is 26.2. The fourth-order valence-electron chi connectivity index (χ4n) is 4.97. The fraction of sp³-hybridized carbons (Fsp3) is 0.367. The fourth-order valence-corrected chi connectivity index (χ4v) is 4.97. The number of hydrogen-bond acceptors (Lipinski definition) is 6. The number of ether oxygens (including phenoxy) is 4. The highest BCUT2D eigenvalue weighted by molar-refractivity contribution is 5.94. The predicted octanol–water partition coefficient (Wildman–Crippen LogP) is 4.41. The summed E-state index contributed by atoms with van der Waals surface area (Å²) in [5, 5.41) is 3.16. The van der Waals surface area contributed by atoms with Gasteiger partial charge >= 0.3 is 0 Å². The van der Waals surface area contributed by atoms with Crippen molar-refractivity contribution < 1.29 is 23.7 Å². The first-order valence-corrected chi connectivity index (χ1v) is 12.5. The monoisotopic (exact) mass is 504 g/mol. The lowest BCUT2D eigenvalue weighted by molar-refractivity contribution is 0.0946. The molecule has 2 atom stereocenters. The zero-order valence-electron chi connectivity index (χ0n) is 22.0. The lowest BCUT2D eigenvalue weighted by Crippen LogP contribution is -2.32. The average Bonchev–Trinajstić information content (AvgIpc) is 3.37. The van der Waals surface area contributed by atoms with Crippen molar-refractivity contribution in [3.05, 3.63) is 83.4 Å². The minimum Gasteiger partial charge on any atom is -0.497 e. The summed E-state index contributed by atoms with van der Waals surface area (Å²) in [5.41, 5.74) is 3.10. The molecule has 7 nitrogen and oxygen atoms in total. The van der Waals surface area contributed by atoms with Gasteiger partial charge in [0.1, 0.15) is 11.5 Å². The third-order valence-corrected chi connectivity index (χ3v) is 7.10. The standard InChI is InChI=1S/C30H36N2O5/c1-34-25-10-6-22(7-11-25)27-20-32(16-15-21-5-14-28(36-3)29(17-21)37-4)19-24(27)18-31-30(33)23-8-12-26(35-2)13-9-23/h5-14,17,24,27H,15-16,18-20H2,1-4H3,(H,31,33)/t24-,27+/m0/s1. The third-order valence-electron chi connectivity index (χ3n) is 7.10. The second-order valence-electron chi connectivity index (χ2n) is 9.28. The third kappa shape index (κ3) is 6.54. The molecule has 0 bridgehead atoms. The summed E-state index contributed by atoms with van der Waals surface area (Å²) in [5.74, 6) is 3.60. The second kappa shape index (κ2) is 12.5. The van der Waals surface area contributed by atoms with E-state index in [1.807, 2.05) is 24.3 Å². The molecule has 7 heteroatoms. The van der Waals surface area contributed by atoms with Crippen LogP contribution in [0.15, 0.2) is 66.7 Å². The van der Waals surface area contributed by atoms with Crippen LogP contribution in [-0.2, 0) is 6.42 Å². The summed E-state index contributed by atoms with van der Waals surface area (Å²) in [7, 11) is 6.60. The van der Waals surface area contributed by atoms with Gasteiger partial charge in [-0.3, -0.25) is 4.79 Å². The molecule has 3 aromatic rings. The molecule has 1 heterocycles. The number of nitrogens with zero attached hydrogens (tertiary/aromatic N) is 1. The molecule has 1 saturated heterocycles. The maximum Gasteiger partial charge on any atom is 0.251 e. The number of hydrogen-bond donors (Lipinski definition) is 1. The van der Waals surface area contributed by atoms with E-state index in [1.165, 1.54) is 11.1 Å². The molecular formula is C30H36N2O5. The van der Waals surface area contributed by atoms with Crippen LogP contribution in [-0.4, -0.2) is 65.4 Å². The Morgan fingerprint density at radius 2 is 1.46 bits per heavy atom. The Balaban J connectivity index is 1.43. The van der Waals surface area contributed by atoms with E-state index in [-0.39, 0.29) is 5.91 Å². The first-order chi connectivity index (χ1) is 18.0. The molecule has 1 amide bonds. The van der Waals surface area contributed by atoms with Crippen LogP contribution >= 0.6 is 0 Å². The maximum absolute atomic E-state index is 12.8. The molecule has 0 unspecified atom stereocenters. The molecule has 1 N–H and O–H groups in total. The number of amides is 1. The van der Waals surface area contributed by atoms with Crippen LogP contribution in [0.25, 0.3) is 0 Å². The van der Waals surface area contributed by atoms with Crippen LogP contribution in [0.5, 0.6) is 23.0 Å². The van der Waals surface area contributed by atoms with Gasteiger partial charge in [0.2, 0.25) is 0 Å². The highest BCUT2D eigenvalue weighted by Gasteiger charge is 2.34. The molecule has 0 radical (unpaired) electrons. The highest BCUT2D eigenvalue weighted by atomic mass is 16.5. The Kier molecular flexibility index (Phi) is 8.90. The van der Waals surface area contributed by atoms with Crippen LogP contribution < -0.4 is 24.3 Å². The van der Waals surface area contributed by atoms with Gasteiger partial charge in [-0.25, -0.2) is 0 Å². The van der Waals surface area contributed by atoms with Gasteiger partial charge in [-0.15, -0.1) is 0 Å². The van der Waals surface area contributed by atoms with Crippen molar-refractivity contribution in [3.63, 3.8) is 0 Å².